The number of hydrogen-bond donors (Lipinski definition) is 1. The van der Waals surface area contributed by atoms with Gasteiger partial charge >= 0.3 is 0 Å². The molecule has 0 fully saturated rings. The molecule has 1 aromatic heterocycles. The zero-order chi connectivity index (χ0) is 7.40. The Morgan fingerprint density at radius 2 is 2.40 bits per heavy atom. The Bertz CT molecular complexity index is 195. The standard InChI is InChI=1S/C7H12N2O/c1-3-6-5-7(9-8-6)10-4-2/h5H,3-4H2,1-2H3,(H,8,9). The molecule has 0 atom stereocenters. The maximum Gasteiger partial charge on any atom is 0.232 e. The first-order valence-corrected chi connectivity index (χ1v) is 3.54. The van der Waals surface area contributed by atoms with Crippen molar-refractivity contribution in [2.45, 2.75) is 20.3 Å². The molecule has 0 aliphatic rings. The first-order valence-electron chi connectivity index (χ1n) is 3.54. The van der Waals surface area contributed by atoms with Crippen molar-refractivity contribution in [1.29, 1.82) is 0 Å². The van der Waals surface area contributed by atoms with E-state index in [-0.39, 0.29) is 0 Å². The summed E-state index contributed by atoms with van der Waals surface area (Å²) in [5, 5.41) is 6.79. The van der Waals surface area contributed by atoms with Gasteiger partial charge in [-0.2, -0.15) is 0 Å². The second kappa shape index (κ2) is 3.25. The number of ether oxygens (including phenoxy) is 1. The monoisotopic (exact) mass is 140 g/mol. The van der Waals surface area contributed by atoms with Gasteiger partial charge in [0.2, 0.25) is 5.88 Å². The number of H-pyrrole nitrogens is 1. The Kier molecular flexibility index (Phi) is 2.31. The van der Waals surface area contributed by atoms with E-state index in [0.29, 0.717) is 12.5 Å². The molecule has 0 saturated heterocycles. The highest BCUT2D eigenvalue weighted by molar-refractivity contribution is 5.13. The van der Waals surface area contributed by atoms with Crippen LogP contribution in [0.1, 0.15) is 19.5 Å². The Morgan fingerprint density at radius 1 is 1.60 bits per heavy atom. The number of aryl methyl sites for hydroxylation is 1. The quantitative estimate of drug-likeness (QED) is 0.688. The van der Waals surface area contributed by atoms with Gasteiger partial charge < -0.3 is 4.74 Å². The summed E-state index contributed by atoms with van der Waals surface area (Å²) in [4.78, 5) is 0. The minimum Gasteiger partial charge on any atom is -0.477 e. The molecule has 0 bridgehead atoms. The molecule has 1 rings (SSSR count). The van der Waals surface area contributed by atoms with Gasteiger partial charge in [0, 0.05) is 11.8 Å². The van der Waals surface area contributed by atoms with Crippen molar-refractivity contribution < 1.29 is 4.74 Å². The highest BCUT2D eigenvalue weighted by Gasteiger charge is 1.96. The lowest BCUT2D eigenvalue weighted by Crippen LogP contribution is -1.90. The molecule has 1 heterocycles. The van der Waals surface area contributed by atoms with Crippen molar-refractivity contribution in [3.05, 3.63) is 11.8 Å². The van der Waals surface area contributed by atoms with Crippen molar-refractivity contribution in [2.75, 3.05) is 6.61 Å². The molecular weight excluding hydrogens is 128 g/mol. The minimum absolute atomic E-state index is 0.675. The van der Waals surface area contributed by atoms with E-state index in [0.717, 1.165) is 12.1 Å². The van der Waals surface area contributed by atoms with Crippen molar-refractivity contribution in [3.63, 3.8) is 0 Å². The summed E-state index contributed by atoms with van der Waals surface area (Å²) >= 11 is 0. The summed E-state index contributed by atoms with van der Waals surface area (Å²) in [7, 11) is 0. The molecule has 10 heavy (non-hydrogen) atoms. The van der Waals surface area contributed by atoms with E-state index in [1.807, 2.05) is 13.0 Å². The third kappa shape index (κ3) is 1.50. The Balaban J connectivity index is 2.59. The topological polar surface area (TPSA) is 37.9 Å². The number of nitrogens with zero attached hydrogens (tertiary/aromatic N) is 1. The lowest BCUT2D eigenvalue weighted by Gasteiger charge is -1.92. The summed E-state index contributed by atoms with van der Waals surface area (Å²) in [6, 6.07) is 1.92. The molecule has 0 unspecified atom stereocenters. The van der Waals surface area contributed by atoms with Gasteiger partial charge in [0.1, 0.15) is 0 Å². The molecule has 56 valence electrons. The van der Waals surface area contributed by atoms with Gasteiger partial charge in [0.25, 0.3) is 0 Å². The van der Waals surface area contributed by atoms with E-state index >= 15 is 0 Å². The third-order valence-corrected chi connectivity index (χ3v) is 1.28. The van der Waals surface area contributed by atoms with Crippen LogP contribution in [0.5, 0.6) is 5.88 Å². The first-order chi connectivity index (χ1) is 4.86. The molecule has 1 aromatic rings. The molecule has 3 nitrogen and oxygen atoms in total. The second-order valence-electron chi connectivity index (χ2n) is 2.02. The van der Waals surface area contributed by atoms with Crippen LogP contribution in [0.3, 0.4) is 0 Å². The van der Waals surface area contributed by atoms with Gasteiger partial charge in [-0.05, 0) is 13.3 Å². The highest BCUT2D eigenvalue weighted by atomic mass is 16.5. The van der Waals surface area contributed by atoms with Crippen LogP contribution in [0.4, 0.5) is 0 Å². The first kappa shape index (κ1) is 7.12. The smallest absolute Gasteiger partial charge is 0.232 e. The summed E-state index contributed by atoms with van der Waals surface area (Å²) in [6.07, 6.45) is 0.972. The van der Waals surface area contributed by atoms with Crippen molar-refractivity contribution >= 4 is 0 Å². The molecule has 3 heteroatoms. The number of hydrogen-bond acceptors (Lipinski definition) is 2. The predicted molar refractivity (Wildman–Crippen MR) is 39.1 cm³/mol. The van der Waals surface area contributed by atoms with Crippen LogP contribution in [0.15, 0.2) is 6.07 Å². The summed E-state index contributed by atoms with van der Waals surface area (Å²) in [6.45, 7) is 4.69. The average Bonchev–Trinajstić information content (AvgIpc) is 2.37. The van der Waals surface area contributed by atoms with Crippen LogP contribution in [0, 0.1) is 0 Å². The van der Waals surface area contributed by atoms with Gasteiger partial charge in [-0.15, -0.1) is 5.10 Å². The largest absolute Gasteiger partial charge is 0.477 e. The van der Waals surface area contributed by atoms with Crippen LogP contribution in [0.25, 0.3) is 0 Å². The number of nitrogens with one attached hydrogen (secondary N) is 1. The molecule has 0 spiro atoms. The van der Waals surface area contributed by atoms with E-state index < -0.39 is 0 Å². The second-order valence-corrected chi connectivity index (χ2v) is 2.02. The van der Waals surface area contributed by atoms with Crippen LogP contribution in [0.2, 0.25) is 0 Å². The normalized spacial score (nSPS) is 9.80. The molecule has 0 aliphatic carbocycles. The van der Waals surface area contributed by atoms with Crippen molar-refractivity contribution in [2.24, 2.45) is 0 Å². The molecular formula is C7H12N2O. The van der Waals surface area contributed by atoms with Crippen LogP contribution in [-0.4, -0.2) is 16.8 Å². The molecule has 0 saturated carbocycles. The average molecular weight is 140 g/mol. The molecule has 0 aromatic carbocycles. The number of aromatic nitrogens is 2. The maximum atomic E-state index is 5.15. The Hall–Kier alpha value is -0.990. The van der Waals surface area contributed by atoms with E-state index in [1.165, 1.54) is 0 Å². The van der Waals surface area contributed by atoms with E-state index in [1.54, 1.807) is 0 Å². The van der Waals surface area contributed by atoms with E-state index in [2.05, 4.69) is 17.1 Å². The number of rotatable bonds is 3. The molecule has 0 aliphatic heterocycles. The van der Waals surface area contributed by atoms with E-state index in [9.17, 15) is 0 Å². The van der Waals surface area contributed by atoms with Gasteiger partial charge in [-0.3, -0.25) is 5.10 Å². The van der Waals surface area contributed by atoms with Crippen LogP contribution < -0.4 is 4.74 Å². The Morgan fingerprint density at radius 3 is 2.90 bits per heavy atom. The molecule has 0 amide bonds. The molecule has 0 radical (unpaired) electrons. The fourth-order valence-electron chi connectivity index (χ4n) is 0.743. The Labute approximate surface area is 60.4 Å². The van der Waals surface area contributed by atoms with Crippen molar-refractivity contribution in [1.82, 2.24) is 10.2 Å². The zero-order valence-electron chi connectivity index (χ0n) is 6.35. The SMILES string of the molecule is CCOc1cc(CC)[nH]n1. The molecule has 1 N–H and O–H groups in total. The summed E-state index contributed by atoms with van der Waals surface area (Å²) < 4.78 is 5.15. The predicted octanol–water partition coefficient (Wildman–Crippen LogP) is 1.37. The lowest BCUT2D eigenvalue weighted by atomic mass is 10.3. The van der Waals surface area contributed by atoms with E-state index in [4.69, 9.17) is 4.74 Å². The maximum absolute atomic E-state index is 5.15. The van der Waals surface area contributed by atoms with Crippen LogP contribution >= 0.6 is 0 Å². The number of aromatic amines is 1. The fraction of sp³-hybridized carbons (Fsp3) is 0.571. The zero-order valence-corrected chi connectivity index (χ0v) is 6.35. The highest BCUT2D eigenvalue weighted by Crippen LogP contribution is 2.07. The van der Waals surface area contributed by atoms with Gasteiger partial charge in [-0.1, -0.05) is 6.92 Å². The van der Waals surface area contributed by atoms with Gasteiger partial charge in [0.05, 0.1) is 6.61 Å². The summed E-state index contributed by atoms with van der Waals surface area (Å²) in [5.41, 5.74) is 1.11. The fourth-order valence-corrected chi connectivity index (χ4v) is 0.743. The van der Waals surface area contributed by atoms with Gasteiger partial charge in [-0.25, -0.2) is 0 Å². The lowest BCUT2D eigenvalue weighted by molar-refractivity contribution is 0.326. The third-order valence-electron chi connectivity index (χ3n) is 1.28. The van der Waals surface area contributed by atoms with Gasteiger partial charge in [0.15, 0.2) is 0 Å². The minimum atomic E-state index is 0.675. The van der Waals surface area contributed by atoms with Crippen LogP contribution in [-0.2, 0) is 6.42 Å². The van der Waals surface area contributed by atoms with Crippen molar-refractivity contribution in [3.8, 4) is 5.88 Å². The summed E-state index contributed by atoms with van der Waals surface area (Å²) in [5.74, 6) is 0.694.